The summed E-state index contributed by atoms with van der Waals surface area (Å²) in [5, 5.41) is 15.4. The van der Waals surface area contributed by atoms with Crippen molar-refractivity contribution in [1.29, 1.82) is 0 Å². The fourth-order valence-electron chi connectivity index (χ4n) is 7.14. The Labute approximate surface area is 253 Å². The van der Waals surface area contributed by atoms with Crippen LogP contribution in [-0.2, 0) is 4.79 Å². The summed E-state index contributed by atoms with van der Waals surface area (Å²) in [5.74, 6) is 0.511. The zero-order valence-electron chi connectivity index (χ0n) is 24.6. The van der Waals surface area contributed by atoms with E-state index in [-0.39, 0.29) is 41.4 Å². The van der Waals surface area contributed by atoms with Crippen molar-refractivity contribution in [3.8, 4) is 5.75 Å². The molecule has 4 aromatic rings. The van der Waals surface area contributed by atoms with Gasteiger partial charge in [0.25, 0.3) is 0 Å². The lowest BCUT2D eigenvalue weighted by atomic mass is 9.73. The van der Waals surface area contributed by atoms with Gasteiger partial charge in [-0.3, -0.25) is 4.79 Å². The minimum Gasteiger partial charge on any atom is -0.508 e. The number of amides is 3. The van der Waals surface area contributed by atoms with Gasteiger partial charge in [-0.05, 0) is 64.9 Å². The maximum absolute atomic E-state index is 14.0. The Morgan fingerprint density at radius 1 is 0.814 bits per heavy atom. The number of nitrogens with zero attached hydrogens (tertiary/aromatic N) is 2. The molecule has 0 aromatic heterocycles. The third kappa shape index (κ3) is 6.17. The Morgan fingerprint density at radius 2 is 1.47 bits per heavy atom. The lowest BCUT2D eigenvalue weighted by molar-refractivity contribution is -0.127. The second-order valence-electron chi connectivity index (χ2n) is 12.1. The standard InChI is InChI=1S/C36H40N4O3/c1-24(35(42)38-34-17-19-40(36(37)43)23-33(34)26-10-6-3-7-11-26)31-16-18-39(22-32(31)25-8-4-2-5-9-25)29-14-12-28-21-30(41)15-13-27(28)20-29/h2-15,20-21,24,31-34,41H,16-19,22-23H2,1H3,(H2,37,43)(H,38,42). The smallest absolute Gasteiger partial charge is 0.314 e. The van der Waals surface area contributed by atoms with Gasteiger partial charge in [0.2, 0.25) is 5.91 Å². The van der Waals surface area contributed by atoms with Gasteiger partial charge in [-0.1, -0.05) is 79.7 Å². The van der Waals surface area contributed by atoms with E-state index in [9.17, 15) is 14.7 Å². The summed E-state index contributed by atoms with van der Waals surface area (Å²) in [6, 6.07) is 32.0. The Kier molecular flexibility index (Phi) is 8.23. The number of nitrogens with two attached hydrogens (primary N) is 1. The topological polar surface area (TPSA) is 98.9 Å². The zero-order valence-corrected chi connectivity index (χ0v) is 24.6. The van der Waals surface area contributed by atoms with Crippen molar-refractivity contribution in [2.24, 2.45) is 17.6 Å². The number of fused-ring (bicyclic) bond motifs is 1. The van der Waals surface area contributed by atoms with Gasteiger partial charge in [0.05, 0.1) is 0 Å². The number of nitrogens with one attached hydrogen (secondary N) is 1. The van der Waals surface area contributed by atoms with E-state index in [2.05, 4.69) is 71.7 Å². The fourth-order valence-corrected chi connectivity index (χ4v) is 7.14. The molecule has 0 spiro atoms. The van der Waals surface area contributed by atoms with Gasteiger partial charge in [0, 0.05) is 55.7 Å². The number of urea groups is 1. The Hall–Kier alpha value is -4.52. The van der Waals surface area contributed by atoms with Crippen molar-refractivity contribution >= 4 is 28.4 Å². The van der Waals surface area contributed by atoms with Crippen LogP contribution in [-0.4, -0.2) is 54.2 Å². The molecule has 2 aliphatic heterocycles. The first-order valence-corrected chi connectivity index (χ1v) is 15.3. The molecule has 5 unspecified atom stereocenters. The molecule has 3 amide bonds. The quantitative estimate of drug-likeness (QED) is 0.268. The third-order valence-corrected chi connectivity index (χ3v) is 9.60. The number of likely N-dealkylation sites (tertiary alicyclic amines) is 1. The molecule has 0 saturated carbocycles. The van der Waals surface area contributed by atoms with Crippen LogP contribution in [0.2, 0.25) is 0 Å². The molecule has 7 heteroatoms. The largest absolute Gasteiger partial charge is 0.508 e. The molecule has 2 saturated heterocycles. The zero-order chi connectivity index (χ0) is 29.9. The molecule has 0 radical (unpaired) electrons. The number of benzene rings is 4. The van der Waals surface area contributed by atoms with Gasteiger partial charge >= 0.3 is 6.03 Å². The summed E-state index contributed by atoms with van der Waals surface area (Å²) in [6.45, 7) is 4.78. The number of anilines is 1. The SMILES string of the molecule is CC(C(=O)NC1CCN(C(N)=O)CC1c1ccccc1)C1CCN(c2ccc3cc(O)ccc3c2)CC1c1ccccc1. The minimum atomic E-state index is -0.416. The van der Waals surface area contributed by atoms with E-state index in [1.54, 1.807) is 17.0 Å². The van der Waals surface area contributed by atoms with E-state index >= 15 is 0 Å². The highest BCUT2D eigenvalue weighted by Crippen LogP contribution is 2.40. The van der Waals surface area contributed by atoms with E-state index in [0.29, 0.717) is 19.5 Å². The monoisotopic (exact) mass is 576 g/mol. The molecule has 4 N–H and O–H groups in total. The molecule has 0 aliphatic carbocycles. The molecule has 5 atom stereocenters. The van der Waals surface area contributed by atoms with E-state index in [1.165, 1.54) is 5.56 Å². The van der Waals surface area contributed by atoms with Crippen LogP contribution >= 0.6 is 0 Å². The summed E-state index contributed by atoms with van der Waals surface area (Å²) >= 11 is 0. The first-order chi connectivity index (χ1) is 20.9. The highest BCUT2D eigenvalue weighted by atomic mass is 16.3. The van der Waals surface area contributed by atoms with Crippen molar-refractivity contribution in [3.05, 3.63) is 108 Å². The molecule has 6 rings (SSSR count). The molecule has 4 aromatic carbocycles. The van der Waals surface area contributed by atoms with Gasteiger partial charge in [-0.2, -0.15) is 0 Å². The van der Waals surface area contributed by atoms with Crippen molar-refractivity contribution in [3.63, 3.8) is 0 Å². The number of aromatic hydroxyl groups is 1. The average molecular weight is 577 g/mol. The summed E-state index contributed by atoms with van der Waals surface area (Å²) in [5.41, 5.74) is 9.15. The van der Waals surface area contributed by atoms with Crippen molar-refractivity contribution in [2.75, 3.05) is 31.1 Å². The van der Waals surface area contributed by atoms with Crippen LogP contribution in [0.15, 0.2) is 97.1 Å². The number of primary amides is 1. The van der Waals surface area contributed by atoms with Crippen LogP contribution < -0.4 is 16.0 Å². The number of phenolic OH excluding ortho intramolecular Hbond substituents is 1. The highest BCUT2D eigenvalue weighted by molar-refractivity contribution is 5.87. The average Bonchev–Trinajstić information content (AvgIpc) is 3.04. The van der Waals surface area contributed by atoms with E-state index in [1.807, 2.05) is 30.3 Å². The number of carbonyl (C=O) groups is 2. The summed E-state index contributed by atoms with van der Waals surface area (Å²) in [7, 11) is 0. The summed E-state index contributed by atoms with van der Waals surface area (Å²) in [6.07, 6.45) is 1.56. The number of hydrogen-bond acceptors (Lipinski definition) is 4. The number of carbonyl (C=O) groups excluding carboxylic acids is 2. The Balaban J connectivity index is 1.21. The first kappa shape index (κ1) is 28.6. The van der Waals surface area contributed by atoms with Crippen LogP contribution in [0.3, 0.4) is 0 Å². The van der Waals surface area contributed by atoms with Crippen LogP contribution in [0, 0.1) is 11.8 Å². The Bertz CT molecular complexity index is 1580. The van der Waals surface area contributed by atoms with Crippen LogP contribution in [0.1, 0.15) is 42.7 Å². The lowest BCUT2D eigenvalue weighted by Gasteiger charge is -2.43. The van der Waals surface area contributed by atoms with Gasteiger partial charge in [-0.25, -0.2) is 4.79 Å². The highest BCUT2D eigenvalue weighted by Gasteiger charge is 2.39. The van der Waals surface area contributed by atoms with Crippen molar-refractivity contribution in [1.82, 2.24) is 10.2 Å². The van der Waals surface area contributed by atoms with Gasteiger partial charge in [0.1, 0.15) is 5.75 Å². The van der Waals surface area contributed by atoms with Gasteiger partial charge in [-0.15, -0.1) is 0 Å². The molecular weight excluding hydrogens is 536 g/mol. The molecule has 2 aliphatic rings. The molecule has 2 fully saturated rings. The minimum absolute atomic E-state index is 0.0137. The number of phenols is 1. The molecular formula is C36H40N4O3. The first-order valence-electron chi connectivity index (χ1n) is 15.3. The molecule has 7 nitrogen and oxygen atoms in total. The fraction of sp³-hybridized carbons (Fsp3) is 0.333. The number of hydrogen-bond donors (Lipinski definition) is 3. The maximum Gasteiger partial charge on any atom is 0.314 e. The summed E-state index contributed by atoms with van der Waals surface area (Å²) in [4.78, 5) is 30.1. The van der Waals surface area contributed by atoms with E-state index in [0.717, 1.165) is 41.5 Å². The third-order valence-electron chi connectivity index (χ3n) is 9.60. The van der Waals surface area contributed by atoms with Crippen LogP contribution in [0.5, 0.6) is 5.75 Å². The molecule has 2 heterocycles. The van der Waals surface area contributed by atoms with Gasteiger partial charge in [0.15, 0.2) is 0 Å². The predicted molar refractivity (Wildman–Crippen MR) is 171 cm³/mol. The van der Waals surface area contributed by atoms with Crippen LogP contribution in [0.25, 0.3) is 10.8 Å². The van der Waals surface area contributed by atoms with Crippen molar-refractivity contribution < 1.29 is 14.7 Å². The molecule has 0 bridgehead atoms. The number of rotatable bonds is 6. The summed E-state index contributed by atoms with van der Waals surface area (Å²) < 4.78 is 0. The van der Waals surface area contributed by atoms with E-state index in [4.69, 9.17) is 5.73 Å². The maximum atomic E-state index is 14.0. The Morgan fingerprint density at radius 3 is 2.16 bits per heavy atom. The van der Waals surface area contributed by atoms with Crippen LogP contribution in [0.4, 0.5) is 10.5 Å². The second kappa shape index (κ2) is 12.4. The van der Waals surface area contributed by atoms with E-state index < -0.39 is 6.03 Å². The molecule has 43 heavy (non-hydrogen) atoms. The normalized spacial score (nSPS) is 23.1. The predicted octanol–water partition coefficient (Wildman–Crippen LogP) is 5.84. The lowest BCUT2D eigenvalue weighted by Crippen LogP contribution is -2.54. The number of piperidine rings is 2. The molecule has 222 valence electrons. The van der Waals surface area contributed by atoms with Gasteiger partial charge < -0.3 is 26.0 Å². The van der Waals surface area contributed by atoms with Crippen molar-refractivity contribution in [2.45, 2.75) is 37.6 Å². The second-order valence-corrected chi connectivity index (χ2v) is 12.1.